The molecule has 0 rings (SSSR count). The van der Waals surface area contributed by atoms with E-state index < -0.39 is 0 Å². The van der Waals surface area contributed by atoms with Crippen molar-refractivity contribution >= 4 is 11.8 Å². The lowest BCUT2D eigenvalue weighted by Crippen LogP contribution is -2.43. The third-order valence-corrected chi connectivity index (χ3v) is 3.91. The van der Waals surface area contributed by atoms with E-state index in [0.717, 1.165) is 4.48 Å². The van der Waals surface area contributed by atoms with Crippen LogP contribution in [0.1, 0.15) is 52.4 Å². The highest BCUT2D eigenvalue weighted by molar-refractivity contribution is 6.13. The van der Waals surface area contributed by atoms with Gasteiger partial charge < -0.3 is 4.48 Å². The molecular formula is C14H32ClN2+. The van der Waals surface area contributed by atoms with Crippen LogP contribution >= 0.6 is 11.8 Å². The lowest BCUT2D eigenvalue weighted by atomic mass is 9.84. The van der Waals surface area contributed by atoms with E-state index in [-0.39, 0.29) is 5.54 Å². The first-order valence-corrected chi connectivity index (χ1v) is 7.31. The van der Waals surface area contributed by atoms with Gasteiger partial charge in [-0.05, 0) is 37.5 Å². The van der Waals surface area contributed by atoms with E-state index in [9.17, 15) is 0 Å². The van der Waals surface area contributed by atoms with Gasteiger partial charge in [-0.25, -0.2) is 4.42 Å². The van der Waals surface area contributed by atoms with Crippen LogP contribution in [0.25, 0.3) is 0 Å². The summed E-state index contributed by atoms with van der Waals surface area (Å²) in [5.41, 5.74) is 0.209. The lowest BCUT2D eigenvalue weighted by molar-refractivity contribution is -0.870. The van der Waals surface area contributed by atoms with E-state index in [1.54, 1.807) is 0 Å². The first-order valence-electron chi connectivity index (χ1n) is 6.97. The summed E-state index contributed by atoms with van der Waals surface area (Å²) in [5.74, 6) is 0. The molecule has 0 amide bonds. The van der Waals surface area contributed by atoms with Crippen molar-refractivity contribution in [2.75, 3.05) is 34.7 Å². The fourth-order valence-electron chi connectivity index (χ4n) is 2.65. The molecule has 0 aliphatic heterocycles. The molecule has 0 spiro atoms. The van der Waals surface area contributed by atoms with Gasteiger partial charge in [0.15, 0.2) is 0 Å². The number of rotatable bonds is 9. The zero-order valence-electron chi connectivity index (χ0n) is 12.7. The van der Waals surface area contributed by atoms with Gasteiger partial charge in [0.2, 0.25) is 0 Å². The Kier molecular flexibility index (Phi) is 7.70. The highest BCUT2D eigenvalue weighted by atomic mass is 35.5. The lowest BCUT2D eigenvalue weighted by Gasteiger charge is -2.39. The molecule has 2 nitrogen and oxygen atoms in total. The Morgan fingerprint density at radius 2 is 1.47 bits per heavy atom. The molecule has 0 saturated carbocycles. The summed E-state index contributed by atoms with van der Waals surface area (Å²) in [5, 5.41) is 0. The van der Waals surface area contributed by atoms with Crippen LogP contribution in [0.15, 0.2) is 0 Å². The molecule has 0 radical (unpaired) electrons. The number of hydrogen-bond acceptors (Lipinski definition) is 1. The molecule has 0 fully saturated rings. The summed E-state index contributed by atoms with van der Waals surface area (Å²) in [6.07, 6.45) is 7.30. The summed E-state index contributed by atoms with van der Waals surface area (Å²) >= 11 is 6.34. The topological polar surface area (TPSA) is 3.24 Å². The molecule has 17 heavy (non-hydrogen) atoms. The fourth-order valence-corrected chi connectivity index (χ4v) is 2.90. The van der Waals surface area contributed by atoms with Crippen molar-refractivity contribution < 1.29 is 4.48 Å². The van der Waals surface area contributed by atoms with Gasteiger partial charge in [0.1, 0.15) is 0 Å². The average Bonchev–Trinajstić information content (AvgIpc) is 2.15. The minimum absolute atomic E-state index is 0.209. The molecule has 104 valence electrons. The standard InChI is InChI=1S/C14H32ClN2/c1-7-10-14(11-8-2,16(3)15)12-9-13-17(4,5)6/h7-13H2,1-6H3/q+1. The highest BCUT2D eigenvalue weighted by Crippen LogP contribution is 2.32. The van der Waals surface area contributed by atoms with Gasteiger partial charge in [-0.2, -0.15) is 0 Å². The number of nitrogens with zero attached hydrogens (tertiary/aromatic N) is 2. The van der Waals surface area contributed by atoms with Crippen LogP contribution in [0, 0.1) is 0 Å². The average molecular weight is 264 g/mol. The molecule has 0 bridgehead atoms. The summed E-state index contributed by atoms with van der Waals surface area (Å²) in [7, 11) is 8.79. The van der Waals surface area contributed by atoms with Gasteiger partial charge in [0.25, 0.3) is 0 Å². The third-order valence-electron chi connectivity index (χ3n) is 3.56. The quantitative estimate of drug-likeness (QED) is 0.451. The monoisotopic (exact) mass is 263 g/mol. The Hall–Kier alpha value is 0.210. The van der Waals surface area contributed by atoms with Crippen LogP contribution in [0.5, 0.6) is 0 Å². The number of quaternary nitrogens is 1. The Morgan fingerprint density at radius 3 is 1.76 bits per heavy atom. The predicted molar refractivity (Wildman–Crippen MR) is 78.3 cm³/mol. The molecule has 0 heterocycles. The van der Waals surface area contributed by atoms with Crippen molar-refractivity contribution in [3.05, 3.63) is 0 Å². The van der Waals surface area contributed by atoms with Crippen molar-refractivity contribution in [1.82, 2.24) is 4.42 Å². The first kappa shape index (κ1) is 17.2. The zero-order valence-corrected chi connectivity index (χ0v) is 13.5. The maximum absolute atomic E-state index is 6.34. The molecule has 3 heteroatoms. The second-order valence-corrected chi connectivity index (χ2v) is 6.83. The van der Waals surface area contributed by atoms with Gasteiger partial charge in [-0.15, -0.1) is 0 Å². The largest absolute Gasteiger partial charge is 0.331 e. The van der Waals surface area contributed by atoms with Crippen molar-refractivity contribution in [3.63, 3.8) is 0 Å². The van der Waals surface area contributed by atoms with E-state index in [1.165, 1.54) is 45.1 Å². The maximum Gasteiger partial charge on any atom is 0.0781 e. The third kappa shape index (κ3) is 6.64. The van der Waals surface area contributed by atoms with Gasteiger partial charge in [-0.3, -0.25) is 0 Å². The Labute approximate surface area is 114 Å². The molecule has 0 aliphatic carbocycles. The van der Waals surface area contributed by atoms with Crippen LogP contribution in [0.3, 0.4) is 0 Å². The molecule has 0 aromatic carbocycles. The smallest absolute Gasteiger partial charge is 0.0781 e. The van der Waals surface area contributed by atoms with Crippen LogP contribution in [-0.2, 0) is 0 Å². The van der Waals surface area contributed by atoms with E-state index in [2.05, 4.69) is 35.0 Å². The summed E-state index contributed by atoms with van der Waals surface area (Å²) < 4.78 is 3.00. The van der Waals surface area contributed by atoms with E-state index in [0.29, 0.717) is 0 Å². The van der Waals surface area contributed by atoms with Crippen LogP contribution in [0.4, 0.5) is 0 Å². The molecule has 0 aromatic rings. The summed E-state index contributed by atoms with van der Waals surface area (Å²) in [6.45, 7) is 5.73. The van der Waals surface area contributed by atoms with Gasteiger partial charge in [0, 0.05) is 12.6 Å². The van der Waals surface area contributed by atoms with E-state index in [4.69, 9.17) is 11.8 Å². The molecule has 0 aliphatic rings. The summed E-state index contributed by atoms with van der Waals surface area (Å²) in [4.78, 5) is 0. The second kappa shape index (κ2) is 7.60. The minimum Gasteiger partial charge on any atom is -0.331 e. The fraction of sp³-hybridized carbons (Fsp3) is 1.00. The first-order chi connectivity index (χ1) is 7.77. The van der Waals surface area contributed by atoms with Gasteiger partial charge in [0.05, 0.1) is 27.7 Å². The molecule has 0 saturated heterocycles. The van der Waals surface area contributed by atoms with Crippen molar-refractivity contribution in [1.29, 1.82) is 0 Å². The molecular weight excluding hydrogens is 232 g/mol. The Balaban J connectivity index is 4.45. The van der Waals surface area contributed by atoms with Crippen molar-refractivity contribution in [2.45, 2.75) is 57.9 Å². The zero-order chi connectivity index (χ0) is 13.5. The second-order valence-electron chi connectivity index (χ2n) is 6.32. The van der Waals surface area contributed by atoms with Crippen molar-refractivity contribution in [2.24, 2.45) is 0 Å². The minimum atomic E-state index is 0.209. The van der Waals surface area contributed by atoms with Crippen LogP contribution in [-0.4, -0.2) is 49.2 Å². The SMILES string of the molecule is CCCC(CCC)(CCC[N+](C)(C)C)N(C)Cl. The summed E-state index contributed by atoms with van der Waals surface area (Å²) in [6, 6.07) is 0. The predicted octanol–water partition coefficient (Wildman–Crippen LogP) is 3.90. The van der Waals surface area contributed by atoms with Crippen molar-refractivity contribution in [3.8, 4) is 0 Å². The highest BCUT2D eigenvalue weighted by Gasteiger charge is 2.32. The maximum atomic E-state index is 6.34. The molecule has 0 unspecified atom stereocenters. The number of halogens is 1. The Bertz CT molecular complexity index is 191. The molecule has 0 aromatic heterocycles. The molecule has 0 N–H and O–H groups in total. The number of hydrogen-bond donors (Lipinski definition) is 0. The van der Waals surface area contributed by atoms with Gasteiger partial charge >= 0.3 is 0 Å². The van der Waals surface area contributed by atoms with Crippen LogP contribution in [0.2, 0.25) is 0 Å². The van der Waals surface area contributed by atoms with Crippen LogP contribution < -0.4 is 0 Å². The molecule has 0 atom stereocenters. The van der Waals surface area contributed by atoms with E-state index >= 15 is 0 Å². The Morgan fingerprint density at radius 1 is 1.00 bits per heavy atom. The van der Waals surface area contributed by atoms with E-state index in [1.807, 2.05) is 11.5 Å². The van der Waals surface area contributed by atoms with Gasteiger partial charge in [-0.1, -0.05) is 26.7 Å². The normalized spacial score (nSPS) is 13.4.